The highest BCUT2D eigenvalue weighted by molar-refractivity contribution is 7.90. The zero-order valence-electron chi connectivity index (χ0n) is 20.9. The number of hydrogen-bond donors (Lipinski definition) is 3. The van der Waals surface area contributed by atoms with Crippen LogP contribution in [0.5, 0.6) is 0 Å². The van der Waals surface area contributed by atoms with Crippen LogP contribution in [0.2, 0.25) is 0 Å². The standard InChI is InChI=1S/C27H29N5O5S/c1-31-14-22(29-15-31)38(36,37)30-27(35)17-9-10-18-20(12-17)32-13-21(33)26(34)24-19(8-5-11-28-24)25(32)23(18)16-6-3-2-4-7-16/h5,8-12,14-16,21,26,33-34H,2-4,6-7,13H2,1H3,(H,30,35)/t21-,26-/m1/s1. The molecule has 198 valence electrons. The number of carbonyl (C=O) groups is 1. The number of aliphatic hydroxyl groups excluding tert-OH is 2. The van der Waals surface area contributed by atoms with Crippen LogP contribution in [0, 0.1) is 0 Å². The number of fused-ring (bicyclic) bond motifs is 5. The molecular formula is C27H29N5O5S. The molecule has 3 N–H and O–H groups in total. The molecule has 2 aliphatic rings. The van der Waals surface area contributed by atoms with Gasteiger partial charge in [-0.1, -0.05) is 25.3 Å². The SMILES string of the molecule is Cn1cnc(S(=O)(=O)NC(=O)c2ccc3c(C4CCCCC4)c4n(c3c2)C[C@@H](O)[C@@H](O)c2ncccc2-4)c1. The Hall–Kier alpha value is -3.54. The first-order chi connectivity index (χ1) is 18.2. The summed E-state index contributed by atoms with van der Waals surface area (Å²) in [6.45, 7) is 0.105. The Morgan fingerprint density at radius 2 is 1.89 bits per heavy atom. The summed E-state index contributed by atoms with van der Waals surface area (Å²) in [5.41, 5.74) is 4.08. The fraction of sp³-hybridized carbons (Fsp3) is 0.370. The van der Waals surface area contributed by atoms with Crippen molar-refractivity contribution in [2.24, 2.45) is 7.05 Å². The average molecular weight is 536 g/mol. The number of nitrogens with zero attached hydrogens (tertiary/aromatic N) is 4. The van der Waals surface area contributed by atoms with E-state index in [0.29, 0.717) is 11.2 Å². The molecular weight excluding hydrogens is 506 g/mol. The Kier molecular flexibility index (Phi) is 6.09. The monoisotopic (exact) mass is 535 g/mol. The van der Waals surface area contributed by atoms with Crippen molar-refractivity contribution < 1.29 is 23.4 Å². The highest BCUT2D eigenvalue weighted by atomic mass is 32.2. The largest absolute Gasteiger partial charge is 0.388 e. The van der Waals surface area contributed by atoms with E-state index in [-0.39, 0.29) is 23.1 Å². The molecule has 1 aliphatic heterocycles. The normalized spacial score (nSPS) is 20.1. The highest BCUT2D eigenvalue weighted by Crippen LogP contribution is 2.47. The number of benzene rings is 1. The molecule has 1 aromatic carbocycles. The lowest BCUT2D eigenvalue weighted by atomic mass is 9.81. The molecule has 0 spiro atoms. The van der Waals surface area contributed by atoms with Crippen molar-refractivity contribution in [1.29, 1.82) is 0 Å². The zero-order valence-corrected chi connectivity index (χ0v) is 21.7. The van der Waals surface area contributed by atoms with E-state index in [1.165, 1.54) is 23.5 Å². The summed E-state index contributed by atoms with van der Waals surface area (Å²) in [6, 6.07) is 8.88. The molecule has 0 saturated heterocycles. The molecule has 0 bridgehead atoms. The fourth-order valence-corrected chi connectivity index (χ4v) is 6.84. The van der Waals surface area contributed by atoms with Crippen LogP contribution in [0.4, 0.5) is 0 Å². The zero-order chi connectivity index (χ0) is 26.6. The van der Waals surface area contributed by atoms with Crippen molar-refractivity contribution in [3.8, 4) is 11.3 Å². The maximum Gasteiger partial charge on any atom is 0.283 e. The number of pyridine rings is 1. The number of amides is 1. The molecule has 2 atom stereocenters. The van der Waals surface area contributed by atoms with Gasteiger partial charge < -0.3 is 19.3 Å². The van der Waals surface area contributed by atoms with Gasteiger partial charge in [0.25, 0.3) is 15.9 Å². The molecule has 38 heavy (non-hydrogen) atoms. The van der Waals surface area contributed by atoms with Crippen molar-refractivity contribution in [3.63, 3.8) is 0 Å². The van der Waals surface area contributed by atoms with E-state index in [4.69, 9.17) is 0 Å². The maximum atomic E-state index is 13.1. The molecule has 4 aromatic rings. The number of hydrogen-bond acceptors (Lipinski definition) is 7. The van der Waals surface area contributed by atoms with Crippen LogP contribution in [0.25, 0.3) is 22.2 Å². The molecule has 4 heterocycles. The number of aliphatic hydroxyl groups is 2. The molecule has 1 saturated carbocycles. The minimum absolute atomic E-state index is 0.105. The van der Waals surface area contributed by atoms with Crippen LogP contribution in [-0.2, 0) is 23.6 Å². The number of nitrogens with one attached hydrogen (secondary N) is 1. The van der Waals surface area contributed by atoms with E-state index in [9.17, 15) is 23.4 Å². The molecule has 1 aliphatic carbocycles. The van der Waals surface area contributed by atoms with Crippen LogP contribution < -0.4 is 4.72 Å². The van der Waals surface area contributed by atoms with E-state index in [2.05, 4.69) is 14.7 Å². The number of carbonyl (C=O) groups excluding carboxylic acids is 1. The third kappa shape index (κ3) is 4.11. The van der Waals surface area contributed by atoms with Gasteiger partial charge in [0.15, 0.2) is 5.03 Å². The fourth-order valence-electron chi connectivity index (χ4n) is 5.89. The van der Waals surface area contributed by atoms with Gasteiger partial charge in [0.05, 0.1) is 24.3 Å². The van der Waals surface area contributed by atoms with Gasteiger partial charge in [-0.25, -0.2) is 9.71 Å². The van der Waals surface area contributed by atoms with E-state index < -0.39 is 28.1 Å². The maximum absolute atomic E-state index is 13.1. The third-order valence-electron chi connectivity index (χ3n) is 7.67. The second kappa shape index (κ2) is 9.33. The first-order valence-electron chi connectivity index (χ1n) is 12.8. The van der Waals surface area contributed by atoms with Crippen molar-refractivity contribution >= 4 is 26.8 Å². The molecule has 6 rings (SSSR count). The van der Waals surface area contributed by atoms with Crippen LogP contribution >= 0.6 is 0 Å². The van der Waals surface area contributed by atoms with Gasteiger partial charge in [0.1, 0.15) is 12.2 Å². The van der Waals surface area contributed by atoms with Gasteiger partial charge in [-0.2, -0.15) is 8.42 Å². The quantitative estimate of drug-likeness (QED) is 0.365. The lowest BCUT2D eigenvalue weighted by Crippen LogP contribution is -2.30. The van der Waals surface area contributed by atoms with Crippen LogP contribution in [-0.4, -0.2) is 49.7 Å². The predicted molar refractivity (Wildman–Crippen MR) is 140 cm³/mol. The second-order valence-electron chi connectivity index (χ2n) is 10.2. The van der Waals surface area contributed by atoms with Crippen LogP contribution in [0.3, 0.4) is 0 Å². The van der Waals surface area contributed by atoms with E-state index in [1.54, 1.807) is 25.4 Å². The number of aromatic nitrogens is 4. The van der Waals surface area contributed by atoms with E-state index in [1.807, 2.05) is 22.8 Å². The molecule has 1 fully saturated rings. The van der Waals surface area contributed by atoms with Gasteiger partial charge in [-0.3, -0.25) is 9.78 Å². The summed E-state index contributed by atoms with van der Waals surface area (Å²) in [5.74, 6) is -0.490. The lowest BCUT2D eigenvalue weighted by Gasteiger charge is -2.23. The number of imidazole rings is 1. The Bertz CT molecular complexity index is 1650. The summed E-state index contributed by atoms with van der Waals surface area (Å²) >= 11 is 0. The molecule has 0 unspecified atom stereocenters. The smallest absolute Gasteiger partial charge is 0.283 e. The molecule has 1 amide bonds. The third-order valence-corrected chi connectivity index (χ3v) is 8.89. The average Bonchev–Trinajstić information content (AvgIpc) is 3.47. The van der Waals surface area contributed by atoms with Crippen molar-refractivity contribution in [2.75, 3.05) is 0 Å². The van der Waals surface area contributed by atoms with Gasteiger partial charge >= 0.3 is 0 Å². The van der Waals surface area contributed by atoms with Gasteiger partial charge in [-0.05, 0) is 48.6 Å². The summed E-state index contributed by atoms with van der Waals surface area (Å²) in [5, 5.41) is 22.5. The predicted octanol–water partition coefficient (Wildman–Crippen LogP) is 3.01. The summed E-state index contributed by atoms with van der Waals surface area (Å²) in [6.07, 6.45) is 7.49. The number of aryl methyl sites for hydroxylation is 1. The summed E-state index contributed by atoms with van der Waals surface area (Å²) < 4.78 is 31.0. The van der Waals surface area contributed by atoms with Gasteiger partial charge in [-0.15, -0.1) is 0 Å². The van der Waals surface area contributed by atoms with Crippen LogP contribution in [0.15, 0.2) is 54.1 Å². The van der Waals surface area contributed by atoms with Crippen molar-refractivity contribution in [2.45, 2.75) is 61.8 Å². The van der Waals surface area contributed by atoms with Crippen LogP contribution in [0.1, 0.15) is 65.7 Å². The Balaban J connectivity index is 1.51. The van der Waals surface area contributed by atoms with Crippen molar-refractivity contribution in [3.05, 3.63) is 65.9 Å². The van der Waals surface area contributed by atoms with Gasteiger partial charge in [0, 0.05) is 41.5 Å². The number of sulfonamides is 1. The first-order valence-corrected chi connectivity index (χ1v) is 14.3. The van der Waals surface area contributed by atoms with E-state index >= 15 is 0 Å². The summed E-state index contributed by atoms with van der Waals surface area (Å²) in [7, 11) is -2.51. The topological polar surface area (TPSA) is 139 Å². The summed E-state index contributed by atoms with van der Waals surface area (Å²) in [4.78, 5) is 21.4. The minimum atomic E-state index is -4.15. The van der Waals surface area contributed by atoms with Crippen molar-refractivity contribution in [1.82, 2.24) is 23.8 Å². The van der Waals surface area contributed by atoms with E-state index in [0.717, 1.165) is 47.9 Å². The second-order valence-corrected chi connectivity index (χ2v) is 11.8. The Morgan fingerprint density at radius 3 is 2.63 bits per heavy atom. The Labute approximate surface area is 220 Å². The molecule has 10 nitrogen and oxygen atoms in total. The minimum Gasteiger partial charge on any atom is -0.388 e. The van der Waals surface area contributed by atoms with Gasteiger partial charge in [0.2, 0.25) is 0 Å². The first kappa shape index (κ1) is 24.8. The lowest BCUT2D eigenvalue weighted by molar-refractivity contribution is 0.00883. The highest BCUT2D eigenvalue weighted by Gasteiger charge is 2.35. The molecule has 11 heteroatoms. The molecule has 3 aromatic heterocycles. The number of rotatable bonds is 4. The Morgan fingerprint density at radius 1 is 1.11 bits per heavy atom. The molecule has 0 radical (unpaired) electrons.